The minimum atomic E-state index is -0.0990. The number of rotatable bonds is 6. The fourth-order valence-corrected chi connectivity index (χ4v) is 4.32. The Morgan fingerprint density at radius 2 is 2.16 bits per heavy atom. The lowest BCUT2D eigenvalue weighted by molar-refractivity contribution is 0.0947. The summed E-state index contributed by atoms with van der Waals surface area (Å²) in [6, 6.07) is 10.1. The summed E-state index contributed by atoms with van der Waals surface area (Å²) in [7, 11) is 0. The minimum Gasteiger partial charge on any atom is -0.490 e. The summed E-state index contributed by atoms with van der Waals surface area (Å²) in [5, 5.41) is 10.8. The molecule has 3 aromatic heterocycles. The molecular weight excluding hydrogens is 406 g/mol. The van der Waals surface area contributed by atoms with Crippen molar-refractivity contribution in [2.24, 2.45) is 0 Å². The van der Waals surface area contributed by atoms with Crippen molar-refractivity contribution in [2.45, 2.75) is 18.9 Å². The standard InChI is InChI=1S/C24H23N5O3/c30-24-20-17(6-10-27-24)28-21(16-5-8-25-12-19(16)32-13-15-4-9-26-15)22(20)29-18-3-1-2-14-7-11-31-23(14)18/h1-3,5,7-8,11-12,15,26,28-29H,4,6,9-10,13H2,(H,27,30). The van der Waals surface area contributed by atoms with E-state index in [1.807, 2.05) is 30.3 Å². The van der Waals surface area contributed by atoms with Gasteiger partial charge in [-0.15, -0.1) is 0 Å². The predicted molar refractivity (Wildman–Crippen MR) is 121 cm³/mol. The van der Waals surface area contributed by atoms with E-state index in [9.17, 15) is 4.79 Å². The Morgan fingerprint density at radius 1 is 1.22 bits per heavy atom. The second-order valence-corrected chi connectivity index (χ2v) is 8.13. The highest BCUT2D eigenvalue weighted by Crippen LogP contribution is 2.41. The first-order chi connectivity index (χ1) is 15.8. The van der Waals surface area contributed by atoms with Crippen LogP contribution in [0.4, 0.5) is 11.4 Å². The first-order valence-electron chi connectivity index (χ1n) is 10.8. The third-order valence-electron chi connectivity index (χ3n) is 6.12. The quantitative estimate of drug-likeness (QED) is 0.373. The van der Waals surface area contributed by atoms with Crippen LogP contribution in [0.1, 0.15) is 22.5 Å². The van der Waals surface area contributed by atoms with Gasteiger partial charge in [-0.2, -0.15) is 0 Å². The van der Waals surface area contributed by atoms with Crippen LogP contribution in [-0.4, -0.2) is 41.6 Å². The number of carbonyl (C=O) groups is 1. The van der Waals surface area contributed by atoms with Crippen LogP contribution < -0.4 is 20.7 Å². The van der Waals surface area contributed by atoms with Crippen LogP contribution in [0.3, 0.4) is 0 Å². The number of ether oxygens (including phenoxy) is 1. The van der Waals surface area contributed by atoms with Gasteiger partial charge in [0.05, 0.1) is 35.1 Å². The van der Waals surface area contributed by atoms with E-state index in [0.717, 1.165) is 53.0 Å². The van der Waals surface area contributed by atoms with Gasteiger partial charge in [-0.05, 0) is 31.2 Å². The molecule has 0 saturated carbocycles. The van der Waals surface area contributed by atoms with Crippen LogP contribution in [0.15, 0.2) is 53.4 Å². The molecular formula is C24H23N5O3. The molecule has 0 radical (unpaired) electrons. The van der Waals surface area contributed by atoms with Gasteiger partial charge in [-0.1, -0.05) is 12.1 Å². The minimum absolute atomic E-state index is 0.0990. The van der Waals surface area contributed by atoms with Crippen LogP contribution in [0.25, 0.3) is 22.2 Å². The van der Waals surface area contributed by atoms with Gasteiger partial charge in [-0.25, -0.2) is 0 Å². The van der Waals surface area contributed by atoms with E-state index < -0.39 is 0 Å². The van der Waals surface area contributed by atoms with E-state index in [4.69, 9.17) is 9.15 Å². The van der Waals surface area contributed by atoms with Crippen molar-refractivity contribution in [3.05, 3.63) is 60.2 Å². The lowest BCUT2D eigenvalue weighted by Gasteiger charge is -2.27. The molecule has 1 amide bonds. The number of fused-ring (bicyclic) bond motifs is 2. The molecule has 1 fully saturated rings. The van der Waals surface area contributed by atoms with Gasteiger partial charge in [0.25, 0.3) is 5.91 Å². The number of aromatic amines is 1. The molecule has 8 heteroatoms. The summed E-state index contributed by atoms with van der Waals surface area (Å²) in [6.45, 7) is 2.21. The average molecular weight is 429 g/mol. The summed E-state index contributed by atoms with van der Waals surface area (Å²) in [5.41, 5.74) is 5.43. The third-order valence-corrected chi connectivity index (χ3v) is 6.12. The number of aromatic nitrogens is 2. The van der Waals surface area contributed by atoms with Gasteiger partial charge < -0.3 is 30.1 Å². The van der Waals surface area contributed by atoms with Crippen LogP contribution >= 0.6 is 0 Å². The number of amides is 1. The van der Waals surface area contributed by atoms with Crippen molar-refractivity contribution in [3.63, 3.8) is 0 Å². The fraction of sp³-hybridized carbons (Fsp3) is 0.250. The molecule has 0 bridgehead atoms. The zero-order valence-electron chi connectivity index (χ0n) is 17.4. The molecule has 2 aliphatic heterocycles. The number of nitrogens with zero attached hydrogens (tertiary/aromatic N) is 1. The number of nitrogens with one attached hydrogen (secondary N) is 4. The zero-order chi connectivity index (χ0) is 21.5. The molecule has 162 valence electrons. The van der Waals surface area contributed by atoms with Gasteiger partial charge in [0, 0.05) is 41.8 Å². The van der Waals surface area contributed by atoms with Crippen molar-refractivity contribution in [1.29, 1.82) is 0 Å². The maximum absolute atomic E-state index is 12.9. The smallest absolute Gasteiger partial charge is 0.255 e. The summed E-state index contributed by atoms with van der Waals surface area (Å²) in [6.07, 6.45) is 6.96. The zero-order valence-corrected chi connectivity index (χ0v) is 17.4. The van der Waals surface area contributed by atoms with Crippen molar-refractivity contribution in [1.82, 2.24) is 20.6 Å². The molecule has 1 unspecified atom stereocenters. The molecule has 5 heterocycles. The number of hydrogen-bond acceptors (Lipinski definition) is 6. The maximum Gasteiger partial charge on any atom is 0.255 e. The van der Waals surface area contributed by atoms with Crippen LogP contribution in [0.5, 0.6) is 5.75 Å². The van der Waals surface area contributed by atoms with E-state index >= 15 is 0 Å². The van der Waals surface area contributed by atoms with Crippen LogP contribution in [0.2, 0.25) is 0 Å². The summed E-state index contributed by atoms with van der Waals surface area (Å²) >= 11 is 0. The normalized spacial score (nSPS) is 17.5. The molecule has 1 saturated heterocycles. The van der Waals surface area contributed by atoms with Crippen LogP contribution in [0, 0.1) is 0 Å². The number of anilines is 2. The summed E-state index contributed by atoms with van der Waals surface area (Å²) in [4.78, 5) is 20.6. The number of hydrogen-bond donors (Lipinski definition) is 4. The second kappa shape index (κ2) is 7.72. The van der Waals surface area contributed by atoms with Gasteiger partial charge >= 0.3 is 0 Å². The summed E-state index contributed by atoms with van der Waals surface area (Å²) in [5.74, 6) is 0.581. The Kier molecular flexibility index (Phi) is 4.57. The van der Waals surface area contributed by atoms with Crippen LogP contribution in [-0.2, 0) is 6.42 Å². The Bertz CT molecular complexity index is 1300. The highest BCUT2D eigenvalue weighted by molar-refractivity contribution is 6.07. The van der Waals surface area contributed by atoms with E-state index in [0.29, 0.717) is 36.2 Å². The molecule has 1 atom stereocenters. The Balaban J connectivity index is 1.46. The largest absolute Gasteiger partial charge is 0.490 e. The van der Waals surface area contributed by atoms with Crippen molar-refractivity contribution >= 4 is 28.3 Å². The maximum atomic E-state index is 12.9. The number of H-pyrrole nitrogens is 1. The van der Waals surface area contributed by atoms with Gasteiger partial charge in [0.2, 0.25) is 0 Å². The SMILES string of the molecule is O=C1NCCc2[nH]c(-c3ccncc3OCC3CCN3)c(Nc3cccc4ccoc34)c21. The molecule has 1 aromatic carbocycles. The lowest BCUT2D eigenvalue weighted by atomic mass is 10.0. The number of furan rings is 1. The molecule has 4 aromatic rings. The molecule has 4 N–H and O–H groups in total. The van der Waals surface area contributed by atoms with Gasteiger partial charge in [0.15, 0.2) is 5.58 Å². The number of para-hydroxylation sites is 1. The number of carbonyl (C=O) groups excluding carboxylic acids is 1. The molecule has 6 rings (SSSR count). The van der Waals surface area contributed by atoms with E-state index in [1.165, 1.54) is 0 Å². The van der Waals surface area contributed by atoms with Gasteiger partial charge in [0.1, 0.15) is 12.4 Å². The van der Waals surface area contributed by atoms with E-state index in [1.54, 1.807) is 18.7 Å². The highest BCUT2D eigenvalue weighted by Gasteiger charge is 2.29. The van der Waals surface area contributed by atoms with Crippen molar-refractivity contribution in [2.75, 3.05) is 25.0 Å². The topological polar surface area (TPSA) is 104 Å². The third kappa shape index (κ3) is 3.20. The Hall–Kier alpha value is -3.78. The van der Waals surface area contributed by atoms with E-state index in [2.05, 4.69) is 25.9 Å². The van der Waals surface area contributed by atoms with Crippen molar-refractivity contribution in [3.8, 4) is 17.0 Å². The predicted octanol–water partition coefficient (Wildman–Crippen LogP) is 3.59. The molecule has 32 heavy (non-hydrogen) atoms. The molecule has 8 nitrogen and oxygen atoms in total. The Labute approximate surface area is 184 Å². The lowest BCUT2D eigenvalue weighted by Crippen LogP contribution is -2.46. The second-order valence-electron chi connectivity index (χ2n) is 8.13. The first-order valence-corrected chi connectivity index (χ1v) is 10.8. The molecule has 0 spiro atoms. The highest BCUT2D eigenvalue weighted by atomic mass is 16.5. The summed E-state index contributed by atoms with van der Waals surface area (Å²) < 4.78 is 11.8. The fourth-order valence-electron chi connectivity index (χ4n) is 4.32. The van der Waals surface area contributed by atoms with Crippen molar-refractivity contribution < 1.29 is 13.9 Å². The molecule has 2 aliphatic rings. The van der Waals surface area contributed by atoms with E-state index in [-0.39, 0.29) is 5.91 Å². The Morgan fingerprint density at radius 3 is 3.03 bits per heavy atom. The average Bonchev–Trinajstić information content (AvgIpc) is 3.39. The molecule has 0 aliphatic carbocycles. The number of pyridine rings is 1. The van der Waals surface area contributed by atoms with Gasteiger partial charge in [-0.3, -0.25) is 9.78 Å². The number of benzene rings is 1. The first kappa shape index (κ1) is 18.9. The monoisotopic (exact) mass is 429 g/mol.